The number of aliphatic hydroxyl groups is 2. The molecule has 0 radical (unpaired) electrons. The van der Waals surface area contributed by atoms with Crippen LogP contribution in [0.3, 0.4) is 0 Å². The van der Waals surface area contributed by atoms with Crippen molar-refractivity contribution in [2.75, 3.05) is 13.2 Å². The second-order valence-corrected chi connectivity index (χ2v) is 6.34. The van der Waals surface area contributed by atoms with Crippen molar-refractivity contribution in [3.63, 3.8) is 0 Å². The number of hydrogen-bond donors (Lipinski definition) is 3. The summed E-state index contributed by atoms with van der Waals surface area (Å²) in [6, 6.07) is 0. The van der Waals surface area contributed by atoms with Gasteiger partial charge in [0.15, 0.2) is 0 Å². The van der Waals surface area contributed by atoms with Gasteiger partial charge in [0, 0.05) is 12.0 Å². The Morgan fingerprint density at radius 2 is 1.90 bits per heavy atom. The highest BCUT2D eigenvalue weighted by Gasteiger charge is 2.32. The summed E-state index contributed by atoms with van der Waals surface area (Å²) in [7, 11) is 0. The number of esters is 1. The first-order valence-electron chi connectivity index (χ1n) is 7.63. The van der Waals surface area contributed by atoms with Crippen LogP contribution in [0, 0.1) is 5.41 Å². The third kappa shape index (κ3) is 6.01. The van der Waals surface area contributed by atoms with Gasteiger partial charge in [-0.3, -0.25) is 9.59 Å². The summed E-state index contributed by atoms with van der Waals surface area (Å²) in [6.07, 6.45) is 4.02. The van der Waals surface area contributed by atoms with Crippen molar-refractivity contribution in [2.24, 2.45) is 5.41 Å². The van der Waals surface area contributed by atoms with Gasteiger partial charge in [-0.15, -0.1) is 0 Å². The van der Waals surface area contributed by atoms with E-state index in [2.05, 4.69) is 5.32 Å². The van der Waals surface area contributed by atoms with E-state index in [4.69, 9.17) is 9.84 Å². The molecule has 0 bridgehead atoms. The van der Waals surface area contributed by atoms with E-state index in [1.807, 2.05) is 0 Å². The molecule has 1 saturated carbocycles. The van der Waals surface area contributed by atoms with Crippen molar-refractivity contribution < 1.29 is 24.5 Å². The monoisotopic (exact) mass is 301 g/mol. The summed E-state index contributed by atoms with van der Waals surface area (Å²) >= 11 is 0. The maximum absolute atomic E-state index is 11.7. The van der Waals surface area contributed by atoms with Crippen LogP contribution in [-0.4, -0.2) is 47.4 Å². The summed E-state index contributed by atoms with van der Waals surface area (Å²) in [6.45, 7) is 3.01. The first-order chi connectivity index (χ1) is 9.86. The third-order valence-corrected chi connectivity index (χ3v) is 3.87. The fourth-order valence-corrected chi connectivity index (χ4v) is 2.25. The second kappa shape index (κ2) is 8.34. The van der Waals surface area contributed by atoms with Gasteiger partial charge >= 0.3 is 5.97 Å². The van der Waals surface area contributed by atoms with E-state index in [1.165, 1.54) is 6.42 Å². The molecule has 1 fully saturated rings. The Morgan fingerprint density at radius 1 is 1.29 bits per heavy atom. The van der Waals surface area contributed by atoms with Crippen LogP contribution >= 0.6 is 0 Å². The first kappa shape index (κ1) is 17.9. The van der Waals surface area contributed by atoms with E-state index in [9.17, 15) is 14.7 Å². The Hall–Kier alpha value is -1.14. The maximum atomic E-state index is 11.7. The average molecular weight is 301 g/mol. The van der Waals surface area contributed by atoms with E-state index < -0.39 is 17.4 Å². The van der Waals surface area contributed by atoms with Crippen LogP contribution in [0.15, 0.2) is 0 Å². The molecule has 21 heavy (non-hydrogen) atoms. The van der Waals surface area contributed by atoms with Crippen LogP contribution in [0.25, 0.3) is 0 Å². The van der Waals surface area contributed by atoms with Gasteiger partial charge in [-0.1, -0.05) is 20.3 Å². The maximum Gasteiger partial charge on any atom is 0.307 e. The third-order valence-electron chi connectivity index (χ3n) is 3.87. The Kier molecular flexibility index (Phi) is 7.11. The van der Waals surface area contributed by atoms with Crippen molar-refractivity contribution >= 4 is 11.9 Å². The van der Waals surface area contributed by atoms with Gasteiger partial charge in [-0.25, -0.2) is 0 Å². The van der Waals surface area contributed by atoms with Crippen molar-refractivity contribution in [1.29, 1.82) is 0 Å². The van der Waals surface area contributed by atoms with Gasteiger partial charge in [-0.05, 0) is 25.7 Å². The minimum atomic E-state index is -1.31. The predicted molar refractivity (Wildman–Crippen MR) is 77.5 cm³/mol. The van der Waals surface area contributed by atoms with Gasteiger partial charge < -0.3 is 20.3 Å². The van der Waals surface area contributed by atoms with E-state index >= 15 is 0 Å². The molecule has 0 aromatic carbocycles. The number of carbonyl (C=O) groups is 2. The molecule has 3 N–H and O–H groups in total. The lowest BCUT2D eigenvalue weighted by Crippen LogP contribution is -2.46. The molecule has 1 amide bonds. The number of nitrogens with one attached hydrogen (secondary N) is 1. The standard InChI is InChI=1S/C15H27NO5/c1-15(2,10-17)13(19)14(20)16-9-8-12(18)21-11-6-4-3-5-7-11/h11,13,17,19H,3-10H2,1-2H3,(H,16,20)/t13-/m0/s1. The number of carbonyl (C=O) groups excluding carboxylic acids is 2. The summed E-state index contributed by atoms with van der Waals surface area (Å²) < 4.78 is 5.33. The smallest absolute Gasteiger partial charge is 0.307 e. The Labute approximate surface area is 125 Å². The summed E-state index contributed by atoms with van der Waals surface area (Å²) in [5, 5.41) is 21.4. The van der Waals surface area contributed by atoms with E-state index in [1.54, 1.807) is 13.8 Å². The van der Waals surface area contributed by atoms with Gasteiger partial charge in [0.1, 0.15) is 12.2 Å². The van der Waals surface area contributed by atoms with Crippen molar-refractivity contribution in [3.05, 3.63) is 0 Å². The predicted octanol–water partition coefficient (Wildman–Crippen LogP) is 0.748. The zero-order valence-electron chi connectivity index (χ0n) is 12.9. The molecule has 6 nitrogen and oxygen atoms in total. The lowest BCUT2D eigenvalue weighted by Gasteiger charge is -2.27. The molecule has 1 atom stereocenters. The summed E-state index contributed by atoms with van der Waals surface area (Å²) in [5.74, 6) is -0.905. The Balaban J connectivity index is 2.23. The highest BCUT2D eigenvalue weighted by molar-refractivity contribution is 5.81. The van der Waals surface area contributed by atoms with E-state index in [-0.39, 0.29) is 31.6 Å². The van der Waals surface area contributed by atoms with Crippen LogP contribution in [0.1, 0.15) is 52.4 Å². The van der Waals surface area contributed by atoms with Crippen LogP contribution in [-0.2, 0) is 14.3 Å². The fraction of sp³-hybridized carbons (Fsp3) is 0.867. The highest BCUT2D eigenvalue weighted by Crippen LogP contribution is 2.21. The van der Waals surface area contributed by atoms with Crippen LogP contribution in [0.2, 0.25) is 0 Å². The molecule has 1 aliphatic rings. The van der Waals surface area contributed by atoms with Gasteiger partial charge in [-0.2, -0.15) is 0 Å². The minimum Gasteiger partial charge on any atom is -0.462 e. The topological polar surface area (TPSA) is 95.9 Å². The molecule has 0 heterocycles. The zero-order chi connectivity index (χ0) is 15.9. The summed E-state index contributed by atoms with van der Waals surface area (Å²) in [4.78, 5) is 23.3. The van der Waals surface area contributed by atoms with Crippen molar-refractivity contribution in [3.8, 4) is 0 Å². The highest BCUT2D eigenvalue weighted by atomic mass is 16.5. The molecule has 0 saturated heterocycles. The van der Waals surface area contributed by atoms with Crippen LogP contribution in [0.5, 0.6) is 0 Å². The van der Waals surface area contributed by atoms with Gasteiger partial charge in [0.2, 0.25) is 5.91 Å². The number of rotatable bonds is 7. The normalized spacial score (nSPS) is 18.1. The molecule has 0 aliphatic heterocycles. The molecule has 0 aromatic rings. The number of aliphatic hydroxyl groups excluding tert-OH is 2. The number of amides is 1. The number of ether oxygens (including phenoxy) is 1. The zero-order valence-corrected chi connectivity index (χ0v) is 12.9. The molecule has 6 heteroatoms. The number of hydrogen-bond acceptors (Lipinski definition) is 5. The Morgan fingerprint density at radius 3 is 2.48 bits per heavy atom. The first-order valence-corrected chi connectivity index (χ1v) is 7.63. The summed E-state index contributed by atoms with van der Waals surface area (Å²) in [5.41, 5.74) is -0.910. The lowest BCUT2D eigenvalue weighted by atomic mass is 9.87. The molecule has 1 aliphatic carbocycles. The van der Waals surface area contributed by atoms with Crippen molar-refractivity contribution in [1.82, 2.24) is 5.32 Å². The average Bonchev–Trinajstić information content (AvgIpc) is 2.47. The van der Waals surface area contributed by atoms with E-state index in [0.717, 1.165) is 25.7 Å². The molecule has 0 unspecified atom stereocenters. The van der Waals surface area contributed by atoms with Crippen molar-refractivity contribution in [2.45, 2.75) is 64.6 Å². The quantitative estimate of drug-likeness (QED) is 0.603. The lowest BCUT2D eigenvalue weighted by molar-refractivity contribution is -0.150. The fourth-order valence-electron chi connectivity index (χ4n) is 2.25. The SMILES string of the molecule is CC(C)(CO)[C@@H](O)C(=O)NCCC(=O)OC1CCCCC1. The second-order valence-electron chi connectivity index (χ2n) is 6.34. The largest absolute Gasteiger partial charge is 0.462 e. The molecular formula is C15H27NO5. The van der Waals surface area contributed by atoms with Crippen LogP contribution < -0.4 is 5.32 Å². The Bertz CT molecular complexity index is 350. The molecule has 1 rings (SSSR count). The van der Waals surface area contributed by atoms with Gasteiger partial charge in [0.25, 0.3) is 0 Å². The van der Waals surface area contributed by atoms with Gasteiger partial charge in [0.05, 0.1) is 13.0 Å². The molecular weight excluding hydrogens is 274 g/mol. The molecule has 0 aromatic heterocycles. The van der Waals surface area contributed by atoms with Crippen LogP contribution in [0.4, 0.5) is 0 Å². The molecule has 122 valence electrons. The van der Waals surface area contributed by atoms with E-state index in [0.29, 0.717) is 0 Å². The molecule has 0 spiro atoms. The minimum absolute atomic E-state index is 0.0147.